The summed E-state index contributed by atoms with van der Waals surface area (Å²) in [7, 11) is 1.64. The standard InChI is InChI=1S/C16H18BrNO3/c1-4-18-14(16(19)21-5-2)10-13(17)15(18)11-6-8-12(20-3)9-7-11/h6-10H,4-5H2,1-3H3. The molecule has 0 unspecified atom stereocenters. The van der Waals surface area contributed by atoms with Crippen LogP contribution in [0.3, 0.4) is 0 Å². The maximum Gasteiger partial charge on any atom is 0.354 e. The van der Waals surface area contributed by atoms with Crippen LogP contribution in [0.1, 0.15) is 24.3 Å². The number of hydrogen-bond donors (Lipinski definition) is 0. The predicted octanol–water partition coefficient (Wildman–Crippen LogP) is 4.12. The van der Waals surface area contributed by atoms with Gasteiger partial charge in [-0.3, -0.25) is 0 Å². The molecule has 0 aliphatic rings. The molecule has 5 heteroatoms. The number of nitrogens with zero attached hydrogens (tertiary/aromatic N) is 1. The zero-order valence-electron chi connectivity index (χ0n) is 12.4. The number of rotatable bonds is 5. The first-order valence-electron chi connectivity index (χ1n) is 6.82. The average molecular weight is 352 g/mol. The third-order valence-corrected chi connectivity index (χ3v) is 3.82. The molecule has 0 fully saturated rings. The fourth-order valence-corrected chi connectivity index (χ4v) is 2.92. The van der Waals surface area contributed by atoms with Crippen LogP contribution in [0.15, 0.2) is 34.8 Å². The molecule has 0 saturated carbocycles. The molecule has 0 aliphatic carbocycles. The van der Waals surface area contributed by atoms with Crippen molar-refractivity contribution in [2.24, 2.45) is 0 Å². The van der Waals surface area contributed by atoms with Gasteiger partial charge in [-0.1, -0.05) is 0 Å². The van der Waals surface area contributed by atoms with Crippen molar-refractivity contribution in [3.8, 4) is 17.0 Å². The van der Waals surface area contributed by atoms with Crippen LogP contribution in [0.5, 0.6) is 5.75 Å². The number of aromatic nitrogens is 1. The lowest BCUT2D eigenvalue weighted by Gasteiger charge is -2.11. The summed E-state index contributed by atoms with van der Waals surface area (Å²) in [6.07, 6.45) is 0. The van der Waals surface area contributed by atoms with Crippen LogP contribution >= 0.6 is 15.9 Å². The van der Waals surface area contributed by atoms with Crippen LogP contribution in [0.4, 0.5) is 0 Å². The molecule has 0 N–H and O–H groups in total. The van der Waals surface area contributed by atoms with Gasteiger partial charge in [-0.05, 0) is 65.7 Å². The van der Waals surface area contributed by atoms with Crippen LogP contribution in [-0.4, -0.2) is 24.3 Å². The van der Waals surface area contributed by atoms with Crippen LogP contribution in [0, 0.1) is 0 Å². The number of hydrogen-bond acceptors (Lipinski definition) is 3. The lowest BCUT2D eigenvalue weighted by Crippen LogP contribution is -2.12. The fraction of sp³-hybridized carbons (Fsp3) is 0.312. The number of ether oxygens (including phenoxy) is 2. The Morgan fingerprint density at radius 1 is 1.24 bits per heavy atom. The van der Waals surface area contributed by atoms with Gasteiger partial charge in [0.05, 0.1) is 19.4 Å². The molecule has 0 aliphatic heterocycles. The van der Waals surface area contributed by atoms with Gasteiger partial charge in [0, 0.05) is 11.0 Å². The molecule has 1 aromatic heterocycles. The molecule has 0 radical (unpaired) electrons. The van der Waals surface area contributed by atoms with Gasteiger partial charge in [0.2, 0.25) is 0 Å². The second-order valence-electron chi connectivity index (χ2n) is 4.42. The lowest BCUT2D eigenvalue weighted by molar-refractivity contribution is 0.0514. The molecule has 1 aromatic carbocycles. The molecule has 2 rings (SSSR count). The van der Waals surface area contributed by atoms with Gasteiger partial charge in [0.25, 0.3) is 0 Å². The maximum absolute atomic E-state index is 12.0. The number of halogens is 1. The monoisotopic (exact) mass is 351 g/mol. The maximum atomic E-state index is 12.0. The third-order valence-electron chi connectivity index (χ3n) is 3.21. The number of carbonyl (C=O) groups is 1. The molecule has 1 heterocycles. The Hall–Kier alpha value is -1.75. The summed E-state index contributed by atoms with van der Waals surface area (Å²) >= 11 is 3.54. The first-order valence-corrected chi connectivity index (χ1v) is 7.62. The summed E-state index contributed by atoms with van der Waals surface area (Å²) in [5, 5.41) is 0. The second-order valence-corrected chi connectivity index (χ2v) is 5.27. The normalized spacial score (nSPS) is 10.5. The average Bonchev–Trinajstić information content (AvgIpc) is 2.84. The smallest absolute Gasteiger partial charge is 0.354 e. The number of esters is 1. The van der Waals surface area contributed by atoms with Gasteiger partial charge in [0.1, 0.15) is 11.4 Å². The SMILES string of the molecule is CCOC(=O)c1cc(Br)c(-c2ccc(OC)cc2)n1CC. The summed E-state index contributed by atoms with van der Waals surface area (Å²) in [6, 6.07) is 9.55. The van der Waals surface area contributed by atoms with E-state index in [2.05, 4.69) is 15.9 Å². The van der Waals surface area contributed by atoms with Crippen molar-refractivity contribution in [2.45, 2.75) is 20.4 Å². The molecule has 21 heavy (non-hydrogen) atoms. The minimum absolute atomic E-state index is 0.306. The van der Waals surface area contributed by atoms with Crippen molar-refractivity contribution in [2.75, 3.05) is 13.7 Å². The first kappa shape index (κ1) is 15.6. The Kier molecular flexibility index (Phi) is 5.07. The van der Waals surface area contributed by atoms with E-state index < -0.39 is 0 Å². The van der Waals surface area contributed by atoms with Crippen molar-refractivity contribution in [3.05, 3.63) is 40.5 Å². The highest BCUT2D eigenvalue weighted by molar-refractivity contribution is 9.10. The van der Waals surface area contributed by atoms with E-state index in [1.165, 1.54) is 0 Å². The molecule has 0 bridgehead atoms. The highest BCUT2D eigenvalue weighted by Crippen LogP contribution is 2.33. The molecule has 0 saturated heterocycles. The Morgan fingerprint density at radius 3 is 2.43 bits per heavy atom. The molecule has 0 amide bonds. The van der Waals surface area contributed by atoms with Gasteiger partial charge in [-0.25, -0.2) is 4.79 Å². The lowest BCUT2D eigenvalue weighted by atomic mass is 10.1. The quantitative estimate of drug-likeness (QED) is 0.760. The van der Waals surface area contributed by atoms with Crippen molar-refractivity contribution >= 4 is 21.9 Å². The molecule has 0 spiro atoms. The summed E-state index contributed by atoms with van der Waals surface area (Å²) in [5.41, 5.74) is 2.53. The topological polar surface area (TPSA) is 40.5 Å². The van der Waals surface area contributed by atoms with Crippen LogP contribution < -0.4 is 4.74 Å². The van der Waals surface area contributed by atoms with Gasteiger partial charge < -0.3 is 14.0 Å². The molecule has 0 atom stereocenters. The van der Waals surface area contributed by atoms with Gasteiger partial charge in [-0.15, -0.1) is 0 Å². The summed E-state index contributed by atoms with van der Waals surface area (Å²) in [4.78, 5) is 12.0. The highest BCUT2D eigenvalue weighted by Gasteiger charge is 2.20. The van der Waals surface area contributed by atoms with Gasteiger partial charge >= 0.3 is 5.97 Å². The van der Waals surface area contributed by atoms with Crippen LogP contribution in [0.2, 0.25) is 0 Å². The molecular weight excluding hydrogens is 334 g/mol. The van der Waals surface area contributed by atoms with Crippen molar-refractivity contribution in [1.29, 1.82) is 0 Å². The largest absolute Gasteiger partial charge is 0.497 e. The third kappa shape index (κ3) is 3.13. The minimum Gasteiger partial charge on any atom is -0.497 e. The fourth-order valence-electron chi connectivity index (χ4n) is 2.26. The molecule has 112 valence electrons. The van der Waals surface area contributed by atoms with Gasteiger partial charge in [0.15, 0.2) is 0 Å². The van der Waals surface area contributed by atoms with Crippen molar-refractivity contribution in [1.82, 2.24) is 4.57 Å². The van der Waals surface area contributed by atoms with E-state index in [9.17, 15) is 4.79 Å². The highest BCUT2D eigenvalue weighted by atomic mass is 79.9. The van der Waals surface area contributed by atoms with Crippen molar-refractivity contribution < 1.29 is 14.3 Å². The van der Waals surface area contributed by atoms with E-state index in [4.69, 9.17) is 9.47 Å². The molecule has 4 nitrogen and oxygen atoms in total. The summed E-state index contributed by atoms with van der Waals surface area (Å²) in [5.74, 6) is 0.495. The number of methoxy groups -OCH3 is 1. The van der Waals surface area contributed by atoms with E-state index in [0.29, 0.717) is 18.8 Å². The van der Waals surface area contributed by atoms with E-state index >= 15 is 0 Å². The Morgan fingerprint density at radius 2 is 1.90 bits per heavy atom. The van der Waals surface area contributed by atoms with E-state index in [1.807, 2.05) is 35.8 Å². The van der Waals surface area contributed by atoms with E-state index in [-0.39, 0.29) is 5.97 Å². The predicted molar refractivity (Wildman–Crippen MR) is 85.8 cm³/mol. The van der Waals surface area contributed by atoms with Crippen LogP contribution in [0.25, 0.3) is 11.3 Å². The minimum atomic E-state index is -0.306. The molecular formula is C16H18BrNO3. The first-order chi connectivity index (χ1) is 10.1. The van der Waals surface area contributed by atoms with Crippen molar-refractivity contribution in [3.63, 3.8) is 0 Å². The summed E-state index contributed by atoms with van der Waals surface area (Å²) < 4.78 is 13.1. The zero-order chi connectivity index (χ0) is 15.4. The Balaban J connectivity index is 2.49. The number of benzene rings is 1. The Labute approximate surface area is 132 Å². The zero-order valence-corrected chi connectivity index (χ0v) is 13.9. The second kappa shape index (κ2) is 6.80. The van der Waals surface area contributed by atoms with E-state index in [0.717, 1.165) is 21.5 Å². The molecule has 2 aromatic rings. The van der Waals surface area contributed by atoms with Crippen LogP contribution in [-0.2, 0) is 11.3 Å². The Bertz CT molecular complexity index is 632. The number of carbonyl (C=O) groups excluding carboxylic acids is 1. The summed E-state index contributed by atoms with van der Waals surface area (Å²) in [6.45, 7) is 4.85. The van der Waals surface area contributed by atoms with E-state index in [1.54, 1.807) is 20.1 Å². The van der Waals surface area contributed by atoms with Gasteiger partial charge in [-0.2, -0.15) is 0 Å².